The SMILES string of the molecule is C[C@@H]1CC[C@H](C)N1[C@H](C)C(=O)Nc1cc(C(=O)N(C)C)ccn1. The number of likely N-dealkylation sites (tertiary alicyclic amines) is 1. The van der Waals surface area contributed by atoms with Crippen molar-refractivity contribution in [3.05, 3.63) is 23.9 Å². The zero-order valence-electron chi connectivity index (χ0n) is 14.5. The standard InChI is InChI=1S/C17H26N4O2/c1-11-6-7-12(2)21(11)13(3)16(22)19-15-10-14(8-9-18-15)17(23)20(4)5/h8-13H,6-7H2,1-5H3,(H,18,19,22)/t11-,12+,13-/m1/s1. The fraction of sp³-hybridized carbons (Fsp3) is 0.588. The molecule has 1 aromatic rings. The van der Waals surface area contributed by atoms with E-state index in [1.165, 1.54) is 11.1 Å². The van der Waals surface area contributed by atoms with Gasteiger partial charge in [0.15, 0.2) is 0 Å². The molecule has 1 fully saturated rings. The second kappa shape index (κ2) is 7.08. The third-order valence-electron chi connectivity index (χ3n) is 4.51. The molecule has 126 valence electrons. The summed E-state index contributed by atoms with van der Waals surface area (Å²) in [5.74, 6) is 0.208. The molecule has 0 spiro atoms. The minimum absolute atomic E-state index is 0.0902. The first-order valence-corrected chi connectivity index (χ1v) is 8.07. The van der Waals surface area contributed by atoms with E-state index in [4.69, 9.17) is 0 Å². The average molecular weight is 318 g/mol. The van der Waals surface area contributed by atoms with Crippen LogP contribution >= 0.6 is 0 Å². The van der Waals surface area contributed by atoms with Gasteiger partial charge in [-0.1, -0.05) is 0 Å². The first-order chi connectivity index (χ1) is 10.8. The normalized spacial score (nSPS) is 22.7. The van der Waals surface area contributed by atoms with E-state index in [1.807, 2.05) is 6.92 Å². The number of pyridine rings is 1. The van der Waals surface area contributed by atoms with Crippen LogP contribution in [0.1, 0.15) is 44.0 Å². The second-order valence-corrected chi connectivity index (χ2v) is 6.52. The summed E-state index contributed by atoms with van der Waals surface area (Å²) in [6.07, 6.45) is 3.77. The number of hydrogen-bond acceptors (Lipinski definition) is 4. The van der Waals surface area contributed by atoms with Crippen LogP contribution in [0.25, 0.3) is 0 Å². The molecule has 0 bridgehead atoms. The van der Waals surface area contributed by atoms with E-state index in [9.17, 15) is 9.59 Å². The van der Waals surface area contributed by atoms with Gasteiger partial charge in [-0.15, -0.1) is 0 Å². The van der Waals surface area contributed by atoms with E-state index in [2.05, 4.69) is 29.0 Å². The fourth-order valence-corrected chi connectivity index (χ4v) is 3.23. The third kappa shape index (κ3) is 3.88. The van der Waals surface area contributed by atoms with Gasteiger partial charge in [0.2, 0.25) is 5.91 Å². The molecular formula is C17H26N4O2. The molecule has 2 amide bonds. The topological polar surface area (TPSA) is 65.5 Å². The Hall–Kier alpha value is -1.95. The van der Waals surface area contributed by atoms with Crippen molar-refractivity contribution in [2.24, 2.45) is 0 Å². The van der Waals surface area contributed by atoms with Crippen LogP contribution in [0.2, 0.25) is 0 Å². The Morgan fingerprint density at radius 1 is 1.30 bits per heavy atom. The summed E-state index contributed by atoms with van der Waals surface area (Å²) in [7, 11) is 3.39. The van der Waals surface area contributed by atoms with E-state index in [1.54, 1.807) is 26.2 Å². The van der Waals surface area contributed by atoms with Crippen LogP contribution in [0.4, 0.5) is 5.82 Å². The molecule has 1 aliphatic rings. The molecule has 1 N–H and O–H groups in total. The largest absolute Gasteiger partial charge is 0.345 e. The number of nitrogens with zero attached hydrogens (tertiary/aromatic N) is 3. The molecule has 6 nitrogen and oxygen atoms in total. The Balaban J connectivity index is 2.08. The number of carbonyl (C=O) groups is 2. The predicted molar refractivity (Wildman–Crippen MR) is 90.3 cm³/mol. The van der Waals surface area contributed by atoms with Crippen molar-refractivity contribution < 1.29 is 9.59 Å². The molecule has 3 atom stereocenters. The number of carbonyl (C=O) groups excluding carboxylic acids is 2. The highest BCUT2D eigenvalue weighted by molar-refractivity contribution is 5.97. The van der Waals surface area contributed by atoms with Crippen LogP contribution in [0, 0.1) is 0 Å². The van der Waals surface area contributed by atoms with Gasteiger partial charge in [-0.2, -0.15) is 0 Å². The van der Waals surface area contributed by atoms with Crippen molar-refractivity contribution in [2.45, 2.75) is 51.7 Å². The van der Waals surface area contributed by atoms with Crippen LogP contribution in [0.15, 0.2) is 18.3 Å². The maximum atomic E-state index is 12.5. The van der Waals surface area contributed by atoms with Crippen LogP contribution < -0.4 is 5.32 Å². The molecule has 1 aliphatic heterocycles. The van der Waals surface area contributed by atoms with Crippen LogP contribution in [0.5, 0.6) is 0 Å². The third-order valence-corrected chi connectivity index (χ3v) is 4.51. The van der Waals surface area contributed by atoms with Crippen LogP contribution in [-0.2, 0) is 4.79 Å². The number of nitrogens with one attached hydrogen (secondary N) is 1. The van der Waals surface area contributed by atoms with Crippen molar-refractivity contribution in [1.82, 2.24) is 14.8 Å². The van der Waals surface area contributed by atoms with Gasteiger partial charge in [-0.05, 0) is 45.7 Å². The summed E-state index contributed by atoms with van der Waals surface area (Å²) in [5, 5.41) is 2.83. The molecule has 0 saturated carbocycles. The van der Waals surface area contributed by atoms with Gasteiger partial charge in [0.25, 0.3) is 5.91 Å². The Bertz CT molecular complexity index is 578. The Morgan fingerprint density at radius 3 is 2.48 bits per heavy atom. The molecule has 2 rings (SSSR count). The lowest BCUT2D eigenvalue weighted by Gasteiger charge is -2.31. The van der Waals surface area contributed by atoms with Crippen molar-refractivity contribution in [3.8, 4) is 0 Å². The van der Waals surface area contributed by atoms with Gasteiger partial charge in [-0.25, -0.2) is 4.98 Å². The molecule has 0 aliphatic carbocycles. The van der Waals surface area contributed by atoms with Crippen molar-refractivity contribution in [2.75, 3.05) is 19.4 Å². The smallest absolute Gasteiger partial charge is 0.253 e. The molecule has 1 saturated heterocycles. The maximum absolute atomic E-state index is 12.5. The summed E-state index contributed by atoms with van der Waals surface area (Å²) in [6.45, 7) is 6.23. The van der Waals surface area contributed by atoms with Gasteiger partial charge in [-0.3, -0.25) is 14.5 Å². The van der Waals surface area contributed by atoms with Gasteiger partial charge in [0.1, 0.15) is 5.82 Å². The minimum atomic E-state index is -0.225. The van der Waals surface area contributed by atoms with Gasteiger partial charge >= 0.3 is 0 Å². The lowest BCUT2D eigenvalue weighted by Crippen LogP contribution is -2.47. The average Bonchev–Trinajstić information content (AvgIpc) is 2.84. The summed E-state index contributed by atoms with van der Waals surface area (Å²) < 4.78 is 0. The Kier molecular flexibility index (Phi) is 5.36. The predicted octanol–water partition coefficient (Wildman–Crippen LogP) is 1.98. The zero-order valence-corrected chi connectivity index (χ0v) is 14.5. The van der Waals surface area contributed by atoms with Gasteiger partial charge in [0, 0.05) is 37.9 Å². The number of anilines is 1. The Labute approximate surface area is 137 Å². The second-order valence-electron chi connectivity index (χ2n) is 6.52. The molecular weight excluding hydrogens is 292 g/mol. The van der Waals surface area contributed by atoms with Crippen LogP contribution in [0.3, 0.4) is 0 Å². The number of hydrogen-bond donors (Lipinski definition) is 1. The summed E-state index contributed by atoms with van der Waals surface area (Å²) >= 11 is 0. The molecule has 0 aromatic carbocycles. The summed E-state index contributed by atoms with van der Waals surface area (Å²) in [5.41, 5.74) is 0.510. The molecule has 0 unspecified atom stereocenters. The number of aromatic nitrogens is 1. The van der Waals surface area contributed by atoms with Gasteiger partial charge in [0.05, 0.1) is 6.04 Å². The highest BCUT2D eigenvalue weighted by Crippen LogP contribution is 2.26. The van der Waals surface area contributed by atoms with E-state index < -0.39 is 0 Å². The zero-order chi connectivity index (χ0) is 17.1. The van der Waals surface area contributed by atoms with Crippen molar-refractivity contribution >= 4 is 17.6 Å². The fourth-order valence-electron chi connectivity index (χ4n) is 3.23. The highest BCUT2D eigenvalue weighted by Gasteiger charge is 2.34. The Morgan fingerprint density at radius 2 is 1.91 bits per heavy atom. The van der Waals surface area contributed by atoms with Crippen molar-refractivity contribution in [1.29, 1.82) is 0 Å². The summed E-state index contributed by atoms with van der Waals surface area (Å²) in [6, 6.07) is 3.84. The number of amides is 2. The molecule has 23 heavy (non-hydrogen) atoms. The van der Waals surface area contributed by atoms with E-state index >= 15 is 0 Å². The maximum Gasteiger partial charge on any atom is 0.253 e. The number of rotatable bonds is 4. The van der Waals surface area contributed by atoms with E-state index in [-0.39, 0.29) is 17.9 Å². The van der Waals surface area contributed by atoms with Crippen molar-refractivity contribution in [3.63, 3.8) is 0 Å². The molecule has 0 radical (unpaired) electrons. The monoisotopic (exact) mass is 318 g/mol. The lowest BCUT2D eigenvalue weighted by atomic mass is 10.2. The quantitative estimate of drug-likeness (QED) is 0.922. The first-order valence-electron chi connectivity index (χ1n) is 8.07. The molecule has 6 heteroatoms. The lowest BCUT2D eigenvalue weighted by molar-refractivity contribution is -0.121. The van der Waals surface area contributed by atoms with Crippen LogP contribution in [-0.4, -0.2) is 58.8 Å². The first kappa shape index (κ1) is 17.4. The van der Waals surface area contributed by atoms with E-state index in [0.29, 0.717) is 23.5 Å². The minimum Gasteiger partial charge on any atom is -0.345 e. The highest BCUT2D eigenvalue weighted by atomic mass is 16.2. The van der Waals surface area contributed by atoms with E-state index in [0.717, 1.165) is 12.8 Å². The molecule has 2 heterocycles. The van der Waals surface area contributed by atoms with Gasteiger partial charge < -0.3 is 10.2 Å². The summed E-state index contributed by atoms with van der Waals surface area (Å²) in [4.78, 5) is 32.4. The molecule has 1 aromatic heterocycles.